The van der Waals surface area contributed by atoms with Crippen LogP contribution in [0.15, 0.2) is 48.5 Å². The summed E-state index contributed by atoms with van der Waals surface area (Å²) < 4.78 is 10.9. The Morgan fingerprint density at radius 2 is 1.91 bits per heavy atom. The highest BCUT2D eigenvalue weighted by Gasteiger charge is 2.38. The van der Waals surface area contributed by atoms with Gasteiger partial charge in [0, 0.05) is 31.5 Å². The van der Waals surface area contributed by atoms with Gasteiger partial charge in [0.15, 0.2) is 11.5 Å². The molecule has 2 saturated heterocycles. The van der Waals surface area contributed by atoms with Crippen molar-refractivity contribution < 1.29 is 19.1 Å². The van der Waals surface area contributed by atoms with Crippen LogP contribution < -0.4 is 14.8 Å². The molecule has 0 spiro atoms. The molecule has 6 heteroatoms. The van der Waals surface area contributed by atoms with Crippen molar-refractivity contribution in [2.75, 3.05) is 19.9 Å². The molecule has 3 aliphatic rings. The Morgan fingerprint density at radius 1 is 1.06 bits per heavy atom. The van der Waals surface area contributed by atoms with Gasteiger partial charge < -0.3 is 19.7 Å². The summed E-state index contributed by atoms with van der Waals surface area (Å²) in [6.07, 6.45) is 6.24. The van der Waals surface area contributed by atoms with Crippen LogP contribution in [0.25, 0.3) is 0 Å². The first-order valence-electron chi connectivity index (χ1n) is 12.1. The van der Waals surface area contributed by atoms with Gasteiger partial charge in [-0.05, 0) is 67.7 Å². The lowest BCUT2D eigenvalue weighted by molar-refractivity contribution is -0.131. The Hall–Kier alpha value is -3.02. The van der Waals surface area contributed by atoms with E-state index in [1.807, 2.05) is 23.1 Å². The molecular formula is C27H32N2O4. The molecule has 2 aromatic carbocycles. The standard InChI is InChI=1S/C27H32N2O4/c30-25-10-13-27(28-25,18-20-8-9-23-24(17-20)33-19-32-23)14-11-26(31)29-15-4-7-22(12-16-29)21-5-2-1-3-6-21/h1-3,5-6,8-9,17,22H,4,7,10-16,18-19H2,(H,28,30)/t22-,27-/m1/s1. The lowest BCUT2D eigenvalue weighted by Gasteiger charge is -2.30. The Labute approximate surface area is 195 Å². The molecule has 2 aromatic rings. The number of hydrogen-bond donors (Lipinski definition) is 1. The fraction of sp³-hybridized carbons (Fsp3) is 0.481. The monoisotopic (exact) mass is 448 g/mol. The molecule has 0 aromatic heterocycles. The maximum atomic E-state index is 13.2. The second-order valence-electron chi connectivity index (χ2n) is 9.61. The topological polar surface area (TPSA) is 67.9 Å². The van der Waals surface area contributed by atoms with E-state index in [4.69, 9.17) is 9.47 Å². The second kappa shape index (κ2) is 9.46. The van der Waals surface area contributed by atoms with Crippen LogP contribution >= 0.6 is 0 Å². The summed E-state index contributed by atoms with van der Waals surface area (Å²) in [7, 11) is 0. The molecule has 0 saturated carbocycles. The number of hydrogen-bond acceptors (Lipinski definition) is 4. The predicted molar refractivity (Wildman–Crippen MR) is 125 cm³/mol. The summed E-state index contributed by atoms with van der Waals surface area (Å²) in [5, 5.41) is 3.20. The van der Waals surface area contributed by atoms with Crippen LogP contribution in [0.4, 0.5) is 0 Å². The van der Waals surface area contributed by atoms with Crippen LogP contribution in [0.2, 0.25) is 0 Å². The van der Waals surface area contributed by atoms with E-state index in [-0.39, 0.29) is 24.1 Å². The number of rotatable bonds is 6. The van der Waals surface area contributed by atoms with Crippen molar-refractivity contribution in [3.8, 4) is 11.5 Å². The van der Waals surface area contributed by atoms with E-state index in [0.717, 1.165) is 55.8 Å². The minimum absolute atomic E-state index is 0.0728. The second-order valence-corrected chi connectivity index (χ2v) is 9.61. The van der Waals surface area contributed by atoms with E-state index in [1.165, 1.54) is 5.56 Å². The van der Waals surface area contributed by atoms with E-state index >= 15 is 0 Å². The van der Waals surface area contributed by atoms with Crippen LogP contribution in [0.3, 0.4) is 0 Å². The van der Waals surface area contributed by atoms with Gasteiger partial charge in [0.05, 0.1) is 0 Å². The number of fused-ring (bicyclic) bond motifs is 1. The number of nitrogens with zero attached hydrogens (tertiary/aromatic N) is 1. The van der Waals surface area contributed by atoms with Crippen molar-refractivity contribution in [2.45, 2.75) is 62.8 Å². The summed E-state index contributed by atoms with van der Waals surface area (Å²) in [4.78, 5) is 27.3. The van der Waals surface area contributed by atoms with Gasteiger partial charge in [-0.25, -0.2) is 0 Å². The molecule has 0 unspecified atom stereocenters. The van der Waals surface area contributed by atoms with Gasteiger partial charge in [-0.1, -0.05) is 36.4 Å². The quantitative estimate of drug-likeness (QED) is 0.720. The van der Waals surface area contributed by atoms with Crippen LogP contribution in [0.5, 0.6) is 11.5 Å². The Bertz CT molecular complexity index is 1010. The summed E-state index contributed by atoms with van der Waals surface area (Å²) in [5.74, 6) is 2.31. The first kappa shape index (κ1) is 21.8. The molecule has 0 aliphatic carbocycles. The average molecular weight is 449 g/mol. The normalized spacial score (nSPS) is 24.4. The Kier molecular flexibility index (Phi) is 6.25. The Balaban J connectivity index is 1.20. The minimum Gasteiger partial charge on any atom is -0.454 e. The van der Waals surface area contributed by atoms with Crippen LogP contribution in [0, 0.1) is 0 Å². The lowest BCUT2D eigenvalue weighted by atomic mass is 9.84. The number of carbonyl (C=O) groups is 2. The van der Waals surface area contributed by atoms with Gasteiger partial charge in [0.2, 0.25) is 18.6 Å². The third-order valence-electron chi connectivity index (χ3n) is 7.38. The van der Waals surface area contributed by atoms with Gasteiger partial charge >= 0.3 is 0 Å². The molecule has 0 bridgehead atoms. The molecular weight excluding hydrogens is 416 g/mol. The number of amides is 2. The number of benzene rings is 2. The zero-order chi connectivity index (χ0) is 22.7. The van der Waals surface area contributed by atoms with Gasteiger partial charge in [0.1, 0.15) is 0 Å². The zero-order valence-electron chi connectivity index (χ0n) is 19.1. The highest BCUT2D eigenvalue weighted by Crippen LogP contribution is 2.36. The van der Waals surface area contributed by atoms with E-state index in [9.17, 15) is 9.59 Å². The number of ether oxygens (including phenoxy) is 2. The zero-order valence-corrected chi connectivity index (χ0v) is 19.1. The van der Waals surface area contributed by atoms with Gasteiger partial charge in [-0.15, -0.1) is 0 Å². The van der Waals surface area contributed by atoms with Crippen molar-refractivity contribution in [1.82, 2.24) is 10.2 Å². The molecule has 3 aliphatic heterocycles. The van der Waals surface area contributed by atoms with Crippen molar-refractivity contribution >= 4 is 11.8 Å². The fourth-order valence-electron chi connectivity index (χ4n) is 5.53. The molecule has 33 heavy (non-hydrogen) atoms. The molecule has 0 radical (unpaired) electrons. The van der Waals surface area contributed by atoms with Crippen molar-refractivity contribution in [2.24, 2.45) is 0 Å². The molecule has 3 heterocycles. The Morgan fingerprint density at radius 3 is 2.73 bits per heavy atom. The fourth-order valence-corrected chi connectivity index (χ4v) is 5.53. The number of likely N-dealkylation sites (tertiary alicyclic amines) is 1. The average Bonchev–Trinajstić information content (AvgIpc) is 3.36. The van der Waals surface area contributed by atoms with Crippen molar-refractivity contribution in [3.63, 3.8) is 0 Å². The van der Waals surface area contributed by atoms with Gasteiger partial charge in [-0.2, -0.15) is 0 Å². The third-order valence-corrected chi connectivity index (χ3v) is 7.38. The van der Waals surface area contributed by atoms with Crippen LogP contribution in [0.1, 0.15) is 62.0 Å². The van der Waals surface area contributed by atoms with Crippen LogP contribution in [-0.4, -0.2) is 42.1 Å². The molecule has 2 atom stereocenters. The maximum Gasteiger partial charge on any atom is 0.231 e. The summed E-state index contributed by atoms with van der Waals surface area (Å²) in [6.45, 7) is 1.87. The van der Waals surface area contributed by atoms with E-state index in [2.05, 4.69) is 35.6 Å². The molecule has 174 valence electrons. The highest BCUT2D eigenvalue weighted by atomic mass is 16.7. The molecule has 1 N–H and O–H groups in total. The van der Waals surface area contributed by atoms with E-state index in [1.54, 1.807) is 0 Å². The van der Waals surface area contributed by atoms with Crippen LogP contribution in [-0.2, 0) is 16.0 Å². The van der Waals surface area contributed by atoms with Gasteiger partial charge in [0.25, 0.3) is 0 Å². The molecule has 2 fully saturated rings. The molecule has 5 rings (SSSR count). The smallest absolute Gasteiger partial charge is 0.231 e. The third kappa shape index (κ3) is 5.00. The lowest BCUT2D eigenvalue weighted by Crippen LogP contribution is -2.45. The van der Waals surface area contributed by atoms with Crippen molar-refractivity contribution in [3.05, 3.63) is 59.7 Å². The highest BCUT2D eigenvalue weighted by molar-refractivity contribution is 5.80. The molecule has 2 amide bonds. The number of nitrogens with one attached hydrogen (secondary N) is 1. The maximum absolute atomic E-state index is 13.2. The largest absolute Gasteiger partial charge is 0.454 e. The molecule has 6 nitrogen and oxygen atoms in total. The summed E-state index contributed by atoms with van der Waals surface area (Å²) in [6, 6.07) is 16.6. The first-order valence-corrected chi connectivity index (χ1v) is 12.1. The SMILES string of the molecule is O=C1CC[C@@](CCC(=O)N2CCC[C@@H](c3ccccc3)CC2)(Cc2ccc3c(c2)OCO3)N1. The number of carbonyl (C=O) groups excluding carboxylic acids is 2. The van der Waals surface area contributed by atoms with E-state index < -0.39 is 0 Å². The van der Waals surface area contributed by atoms with Gasteiger partial charge in [-0.3, -0.25) is 9.59 Å². The predicted octanol–water partition coefficient (Wildman–Crippen LogP) is 4.18. The van der Waals surface area contributed by atoms with Crippen molar-refractivity contribution in [1.29, 1.82) is 0 Å². The minimum atomic E-state index is -0.376. The summed E-state index contributed by atoms with van der Waals surface area (Å²) in [5.41, 5.74) is 2.09. The van der Waals surface area contributed by atoms with E-state index in [0.29, 0.717) is 31.6 Å². The summed E-state index contributed by atoms with van der Waals surface area (Å²) >= 11 is 0. The first-order chi connectivity index (χ1) is 16.1.